The molecule has 6 heteroatoms. The van der Waals surface area contributed by atoms with Crippen LogP contribution in [0.1, 0.15) is 11.4 Å². The molecule has 2 aromatic heterocycles. The third kappa shape index (κ3) is 3.24. The zero-order valence-corrected chi connectivity index (χ0v) is 9.71. The lowest BCUT2D eigenvalue weighted by molar-refractivity contribution is 0.295. The maximum atomic E-state index is 7.27. The number of rotatable bonds is 5. The average molecular weight is 243 g/mol. The van der Waals surface area contributed by atoms with E-state index in [0.29, 0.717) is 18.7 Å². The maximum Gasteiger partial charge on any atom is 0.317 e. The van der Waals surface area contributed by atoms with Crippen molar-refractivity contribution < 1.29 is 4.74 Å². The molecule has 0 amide bonds. The minimum absolute atomic E-state index is 0.105. The Balaban J connectivity index is 1.90. The Labute approximate surface area is 104 Å². The normalized spacial score (nSPS) is 10.0. The van der Waals surface area contributed by atoms with Gasteiger partial charge in [-0.05, 0) is 18.2 Å². The van der Waals surface area contributed by atoms with Gasteiger partial charge >= 0.3 is 6.01 Å². The molecule has 0 fully saturated rings. The van der Waals surface area contributed by atoms with Gasteiger partial charge in [-0.25, -0.2) is 4.98 Å². The summed E-state index contributed by atoms with van der Waals surface area (Å²) < 4.78 is 5.39. The smallest absolute Gasteiger partial charge is 0.317 e. The van der Waals surface area contributed by atoms with Gasteiger partial charge in [0.1, 0.15) is 11.5 Å². The first-order valence-electron chi connectivity index (χ1n) is 5.46. The number of nitrogens with two attached hydrogens (primary N) is 1. The molecular weight excluding hydrogens is 230 g/mol. The van der Waals surface area contributed by atoms with E-state index in [9.17, 15) is 0 Å². The number of pyridine rings is 1. The molecule has 3 N–H and O–H groups in total. The van der Waals surface area contributed by atoms with E-state index in [0.717, 1.165) is 5.69 Å². The molecular formula is C12H13N5O. The van der Waals surface area contributed by atoms with Crippen LogP contribution in [0, 0.1) is 5.41 Å². The minimum atomic E-state index is -0.105. The standard InChI is InChI=1S/C12H13N5O/c13-11(14)10-4-7-16-12(17-10)18-8-5-9-3-1-2-6-15-9/h1-4,6-7H,5,8H2,(H3,13,14). The van der Waals surface area contributed by atoms with E-state index in [-0.39, 0.29) is 11.8 Å². The fraction of sp³-hybridized carbons (Fsp3) is 0.167. The third-order valence-electron chi connectivity index (χ3n) is 2.22. The van der Waals surface area contributed by atoms with E-state index < -0.39 is 0 Å². The molecule has 0 aliphatic carbocycles. The van der Waals surface area contributed by atoms with Gasteiger partial charge in [-0.1, -0.05) is 6.07 Å². The SMILES string of the molecule is N=C(N)c1ccnc(OCCc2ccccn2)n1. The highest BCUT2D eigenvalue weighted by Crippen LogP contribution is 2.03. The summed E-state index contributed by atoms with van der Waals surface area (Å²) >= 11 is 0. The molecule has 0 saturated heterocycles. The van der Waals surface area contributed by atoms with Crippen LogP contribution in [0.15, 0.2) is 36.7 Å². The Morgan fingerprint density at radius 2 is 2.11 bits per heavy atom. The van der Waals surface area contributed by atoms with E-state index in [1.807, 2.05) is 18.2 Å². The third-order valence-corrected chi connectivity index (χ3v) is 2.22. The lowest BCUT2D eigenvalue weighted by Gasteiger charge is -2.04. The highest BCUT2D eigenvalue weighted by Gasteiger charge is 2.02. The number of aromatic nitrogens is 3. The van der Waals surface area contributed by atoms with Crippen molar-refractivity contribution in [3.8, 4) is 6.01 Å². The van der Waals surface area contributed by atoms with E-state index in [4.69, 9.17) is 15.9 Å². The molecule has 0 bridgehead atoms. The second kappa shape index (κ2) is 5.72. The van der Waals surface area contributed by atoms with Crippen molar-refractivity contribution in [2.75, 3.05) is 6.61 Å². The first-order chi connectivity index (χ1) is 8.75. The van der Waals surface area contributed by atoms with Gasteiger partial charge in [-0.2, -0.15) is 4.98 Å². The van der Waals surface area contributed by atoms with Gasteiger partial charge in [0.15, 0.2) is 0 Å². The first kappa shape index (κ1) is 12.0. The fourth-order valence-corrected chi connectivity index (χ4v) is 1.35. The number of nitrogen functional groups attached to an aromatic ring is 1. The van der Waals surface area contributed by atoms with Crippen LogP contribution >= 0.6 is 0 Å². The van der Waals surface area contributed by atoms with Crippen LogP contribution in [-0.2, 0) is 6.42 Å². The van der Waals surface area contributed by atoms with Crippen molar-refractivity contribution in [3.63, 3.8) is 0 Å². The summed E-state index contributed by atoms with van der Waals surface area (Å²) in [6.45, 7) is 0.429. The van der Waals surface area contributed by atoms with Crippen molar-refractivity contribution in [2.45, 2.75) is 6.42 Å². The minimum Gasteiger partial charge on any atom is -0.463 e. The topological polar surface area (TPSA) is 97.8 Å². The summed E-state index contributed by atoms with van der Waals surface area (Å²) in [7, 11) is 0. The summed E-state index contributed by atoms with van der Waals surface area (Å²) in [5, 5.41) is 7.27. The Kier molecular flexibility index (Phi) is 3.80. The van der Waals surface area contributed by atoms with Gasteiger partial charge in [0, 0.05) is 24.5 Å². The molecule has 0 aromatic carbocycles. The number of amidine groups is 1. The summed E-state index contributed by atoms with van der Waals surface area (Å²) in [5.41, 5.74) is 6.63. The Bertz CT molecular complexity index is 529. The van der Waals surface area contributed by atoms with Crippen molar-refractivity contribution in [1.29, 1.82) is 5.41 Å². The molecule has 0 unspecified atom stereocenters. The van der Waals surface area contributed by atoms with Crippen molar-refractivity contribution in [1.82, 2.24) is 15.0 Å². The molecule has 6 nitrogen and oxygen atoms in total. The molecule has 0 atom stereocenters. The van der Waals surface area contributed by atoms with Crippen LogP contribution in [-0.4, -0.2) is 27.4 Å². The highest BCUT2D eigenvalue weighted by atomic mass is 16.5. The summed E-state index contributed by atoms with van der Waals surface area (Å²) in [6, 6.07) is 7.50. The van der Waals surface area contributed by atoms with Crippen LogP contribution in [0.25, 0.3) is 0 Å². The molecule has 0 spiro atoms. The maximum absolute atomic E-state index is 7.27. The van der Waals surface area contributed by atoms with Gasteiger partial charge in [0.2, 0.25) is 0 Å². The zero-order valence-electron chi connectivity index (χ0n) is 9.71. The first-order valence-corrected chi connectivity index (χ1v) is 5.46. The predicted octanol–water partition coefficient (Wildman–Crippen LogP) is 0.777. The molecule has 2 heterocycles. The molecule has 92 valence electrons. The molecule has 18 heavy (non-hydrogen) atoms. The Morgan fingerprint density at radius 3 is 2.83 bits per heavy atom. The van der Waals surface area contributed by atoms with Crippen LogP contribution in [0.5, 0.6) is 6.01 Å². The lowest BCUT2D eigenvalue weighted by Crippen LogP contribution is -2.14. The molecule has 0 aliphatic heterocycles. The van der Waals surface area contributed by atoms with Gasteiger partial charge in [0.05, 0.1) is 6.61 Å². The fourth-order valence-electron chi connectivity index (χ4n) is 1.35. The van der Waals surface area contributed by atoms with Gasteiger partial charge in [-0.3, -0.25) is 10.4 Å². The number of hydrogen-bond donors (Lipinski definition) is 2. The largest absolute Gasteiger partial charge is 0.463 e. The average Bonchev–Trinajstić information content (AvgIpc) is 2.40. The Hall–Kier alpha value is -2.50. The summed E-state index contributed by atoms with van der Waals surface area (Å²) in [5.74, 6) is -0.105. The molecule has 2 aromatic rings. The zero-order chi connectivity index (χ0) is 12.8. The van der Waals surface area contributed by atoms with Gasteiger partial charge < -0.3 is 10.5 Å². The molecule has 2 rings (SSSR count). The van der Waals surface area contributed by atoms with Crippen molar-refractivity contribution >= 4 is 5.84 Å². The van der Waals surface area contributed by atoms with Crippen LogP contribution < -0.4 is 10.5 Å². The Morgan fingerprint density at radius 1 is 1.22 bits per heavy atom. The number of nitrogens with one attached hydrogen (secondary N) is 1. The number of hydrogen-bond acceptors (Lipinski definition) is 5. The van der Waals surface area contributed by atoms with Crippen LogP contribution in [0.4, 0.5) is 0 Å². The van der Waals surface area contributed by atoms with E-state index in [2.05, 4.69) is 15.0 Å². The van der Waals surface area contributed by atoms with Crippen molar-refractivity contribution in [3.05, 3.63) is 48.0 Å². The summed E-state index contributed by atoms with van der Waals surface area (Å²) in [4.78, 5) is 12.1. The van der Waals surface area contributed by atoms with Crippen LogP contribution in [0.2, 0.25) is 0 Å². The second-order valence-electron chi connectivity index (χ2n) is 3.56. The molecule has 0 saturated carbocycles. The molecule has 0 radical (unpaired) electrons. The quantitative estimate of drug-likeness (QED) is 0.597. The van der Waals surface area contributed by atoms with E-state index >= 15 is 0 Å². The lowest BCUT2D eigenvalue weighted by atomic mass is 10.3. The second-order valence-corrected chi connectivity index (χ2v) is 3.56. The predicted molar refractivity (Wildman–Crippen MR) is 66.5 cm³/mol. The van der Waals surface area contributed by atoms with Gasteiger partial charge in [-0.15, -0.1) is 0 Å². The van der Waals surface area contributed by atoms with E-state index in [1.54, 1.807) is 12.3 Å². The van der Waals surface area contributed by atoms with Crippen LogP contribution in [0.3, 0.4) is 0 Å². The highest BCUT2D eigenvalue weighted by molar-refractivity contribution is 5.92. The van der Waals surface area contributed by atoms with Gasteiger partial charge in [0.25, 0.3) is 0 Å². The summed E-state index contributed by atoms with van der Waals surface area (Å²) in [6.07, 6.45) is 3.93. The van der Waals surface area contributed by atoms with Crippen molar-refractivity contribution in [2.24, 2.45) is 5.73 Å². The van der Waals surface area contributed by atoms with E-state index in [1.165, 1.54) is 6.20 Å². The molecule has 0 aliphatic rings. The number of ether oxygens (including phenoxy) is 1. The number of nitrogens with zero attached hydrogens (tertiary/aromatic N) is 3. The monoisotopic (exact) mass is 243 g/mol.